The fraction of sp³-hybridized carbons (Fsp3) is 0.125. The minimum atomic E-state index is -0.314. The van der Waals surface area contributed by atoms with Crippen molar-refractivity contribution < 1.29 is 4.92 Å². The molecule has 4 nitrogen and oxygen atoms in total. The van der Waals surface area contributed by atoms with E-state index in [9.17, 15) is 10.1 Å². The maximum absolute atomic E-state index is 12.0. The Bertz CT molecular complexity index is 1190. The molecule has 0 fully saturated rings. The monoisotopic (exact) mass is 400 g/mol. The third-order valence-corrected chi connectivity index (χ3v) is 5.89. The SMILES string of the molecule is Cc1ccc(-c2nc(SCc3ccccc3)c3cc(C)ccc3c2[N+](=O)[O-])cc1. The Labute approximate surface area is 173 Å². The van der Waals surface area contributed by atoms with E-state index in [4.69, 9.17) is 4.98 Å². The highest BCUT2D eigenvalue weighted by atomic mass is 32.2. The number of thioether (sulfide) groups is 1. The highest BCUT2D eigenvalue weighted by Crippen LogP contribution is 2.40. The van der Waals surface area contributed by atoms with E-state index >= 15 is 0 Å². The third-order valence-electron chi connectivity index (χ3n) is 4.82. The maximum Gasteiger partial charge on any atom is 0.303 e. The van der Waals surface area contributed by atoms with Crippen LogP contribution in [0.1, 0.15) is 16.7 Å². The van der Waals surface area contributed by atoms with Gasteiger partial charge in [0.2, 0.25) is 0 Å². The quantitative estimate of drug-likeness (QED) is 0.212. The number of aromatic nitrogens is 1. The Morgan fingerprint density at radius 3 is 2.28 bits per heavy atom. The Morgan fingerprint density at radius 2 is 1.59 bits per heavy atom. The van der Waals surface area contributed by atoms with Gasteiger partial charge in [0.05, 0.1) is 10.3 Å². The average Bonchev–Trinajstić information content (AvgIpc) is 2.72. The molecule has 0 unspecified atom stereocenters. The Kier molecular flexibility index (Phi) is 5.32. The molecular formula is C24H20N2O2S. The van der Waals surface area contributed by atoms with Gasteiger partial charge in [-0.1, -0.05) is 71.8 Å². The number of fused-ring (bicyclic) bond motifs is 1. The van der Waals surface area contributed by atoms with E-state index in [2.05, 4.69) is 12.1 Å². The summed E-state index contributed by atoms with van der Waals surface area (Å²) >= 11 is 1.61. The first-order valence-electron chi connectivity index (χ1n) is 9.35. The second-order valence-corrected chi connectivity index (χ2v) is 8.02. The van der Waals surface area contributed by atoms with Crippen molar-refractivity contribution in [3.8, 4) is 11.3 Å². The van der Waals surface area contributed by atoms with E-state index < -0.39 is 0 Å². The molecule has 0 radical (unpaired) electrons. The normalized spacial score (nSPS) is 11.0. The summed E-state index contributed by atoms with van der Waals surface area (Å²) in [6.45, 7) is 3.99. The van der Waals surface area contributed by atoms with Crippen molar-refractivity contribution in [2.75, 3.05) is 0 Å². The fourth-order valence-electron chi connectivity index (χ4n) is 3.32. The zero-order valence-electron chi connectivity index (χ0n) is 16.3. The van der Waals surface area contributed by atoms with Gasteiger partial charge in [0, 0.05) is 16.7 Å². The Balaban J connectivity index is 1.91. The van der Waals surface area contributed by atoms with E-state index in [1.807, 2.05) is 74.5 Å². The number of pyridine rings is 1. The minimum absolute atomic E-state index is 0.0629. The summed E-state index contributed by atoms with van der Waals surface area (Å²) in [6, 6.07) is 23.6. The lowest BCUT2D eigenvalue weighted by atomic mass is 10.0. The molecule has 0 bridgehead atoms. The first-order chi connectivity index (χ1) is 14.0. The Morgan fingerprint density at radius 1 is 0.897 bits per heavy atom. The molecule has 0 atom stereocenters. The van der Waals surface area contributed by atoms with Crippen LogP contribution in [0.2, 0.25) is 0 Å². The molecule has 29 heavy (non-hydrogen) atoms. The van der Waals surface area contributed by atoms with Crippen molar-refractivity contribution in [1.29, 1.82) is 0 Å². The summed E-state index contributed by atoms with van der Waals surface area (Å²) in [5.41, 5.74) is 4.58. The molecule has 0 spiro atoms. The number of nitrogens with zero attached hydrogens (tertiary/aromatic N) is 2. The van der Waals surface area contributed by atoms with E-state index in [0.29, 0.717) is 11.1 Å². The predicted octanol–water partition coefficient (Wildman–Crippen LogP) is 6.72. The van der Waals surface area contributed by atoms with Gasteiger partial charge in [-0.3, -0.25) is 10.1 Å². The van der Waals surface area contributed by atoms with Gasteiger partial charge in [-0.25, -0.2) is 4.98 Å². The summed E-state index contributed by atoms with van der Waals surface area (Å²) in [5, 5.41) is 14.3. The van der Waals surface area contributed by atoms with E-state index in [1.54, 1.807) is 11.8 Å². The summed E-state index contributed by atoms with van der Waals surface area (Å²) < 4.78 is 0. The molecule has 0 N–H and O–H groups in total. The lowest BCUT2D eigenvalue weighted by Crippen LogP contribution is -1.99. The molecule has 144 valence electrons. The topological polar surface area (TPSA) is 56.0 Å². The van der Waals surface area contributed by atoms with Gasteiger partial charge in [0.15, 0.2) is 0 Å². The first-order valence-corrected chi connectivity index (χ1v) is 10.3. The van der Waals surface area contributed by atoms with Gasteiger partial charge >= 0.3 is 5.69 Å². The van der Waals surface area contributed by atoms with Gasteiger partial charge in [0.1, 0.15) is 10.7 Å². The van der Waals surface area contributed by atoms with E-state index in [1.165, 1.54) is 5.56 Å². The predicted molar refractivity (Wildman–Crippen MR) is 119 cm³/mol. The number of benzene rings is 3. The lowest BCUT2D eigenvalue weighted by molar-refractivity contribution is -0.382. The fourth-order valence-corrected chi connectivity index (χ4v) is 4.29. The molecule has 0 aliphatic heterocycles. The van der Waals surface area contributed by atoms with Crippen LogP contribution in [-0.2, 0) is 5.75 Å². The van der Waals surface area contributed by atoms with Gasteiger partial charge < -0.3 is 0 Å². The van der Waals surface area contributed by atoms with Crippen LogP contribution in [0.15, 0.2) is 77.8 Å². The second kappa shape index (κ2) is 8.05. The van der Waals surface area contributed by atoms with Crippen molar-refractivity contribution in [1.82, 2.24) is 4.98 Å². The maximum atomic E-state index is 12.0. The molecule has 4 aromatic rings. The molecule has 1 heterocycles. The highest BCUT2D eigenvalue weighted by molar-refractivity contribution is 7.98. The number of aryl methyl sites for hydroxylation is 2. The van der Waals surface area contributed by atoms with Crippen molar-refractivity contribution in [2.45, 2.75) is 24.6 Å². The van der Waals surface area contributed by atoms with Crippen LogP contribution < -0.4 is 0 Å². The van der Waals surface area contributed by atoms with Crippen LogP contribution in [0.3, 0.4) is 0 Å². The van der Waals surface area contributed by atoms with Crippen molar-refractivity contribution in [2.24, 2.45) is 0 Å². The smallest absolute Gasteiger partial charge is 0.258 e. The van der Waals surface area contributed by atoms with Crippen molar-refractivity contribution >= 4 is 28.2 Å². The van der Waals surface area contributed by atoms with Gasteiger partial charge in [-0.15, -0.1) is 11.8 Å². The number of rotatable bonds is 5. The summed E-state index contributed by atoms with van der Waals surface area (Å²) in [7, 11) is 0. The first kappa shape index (κ1) is 19.2. The van der Waals surface area contributed by atoms with Crippen LogP contribution in [0.25, 0.3) is 22.0 Å². The molecule has 0 saturated heterocycles. The van der Waals surface area contributed by atoms with Crippen LogP contribution in [0.4, 0.5) is 5.69 Å². The molecule has 0 amide bonds. The highest BCUT2D eigenvalue weighted by Gasteiger charge is 2.24. The molecule has 3 aromatic carbocycles. The van der Waals surface area contributed by atoms with Crippen LogP contribution in [0.5, 0.6) is 0 Å². The van der Waals surface area contributed by atoms with Crippen molar-refractivity contribution in [3.63, 3.8) is 0 Å². The minimum Gasteiger partial charge on any atom is -0.258 e. The standard InChI is InChI=1S/C24H20N2O2S/c1-16-8-11-19(12-9-16)22-23(26(27)28)20-13-10-17(2)14-21(20)24(25-22)29-15-18-6-4-3-5-7-18/h3-14H,15H2,1-2H3. The molecule has 5 heteroatoms. The second-order valence-electron chi connectivity index (χ2n) is 7.06. The number of hydrogen-bond donors (Lipinski definition) is 0. The lowest BCUT2D eigenvalue weighted by Gasteiger charge is -2.12. The Hall–Kier alpha value is -3.18. The molecule has 0 aliphatic carbocycles. The molecule has 4 rings (SSSR count). The third kappa shape index (κ3) is 4.00. The molecule has 0 saturated carbocycles. The van der Waals surface area contributed by atoms with E-state index in [-0.39, 0.29) is 10.6 Å². The summed E-state index contributed by atoms with van der Waals surface area (Å²) in [5.74, 6) is 0.752. The van der Waals surface area contributed by atoms with Gasteiger partial charge in [-0.05, 0) is 31.5 Å². The van der Waals surface area contributed by atoms with Crippen LogP contribution in [0, 0.1) is 24.0 Å². The number of hydrogen-bond acceptors (Lipinski definition) is 4. The number of nitro groups is 1. The summed E-state index contributed by atoms with van der Waals surface area (Å²) in [4.78, 5) is 16.5. The van der Waals surface area contributed by atoms with Gasteiger partial charge in [-0.2, -0.15) is 0 Å². The zero-order valence-corrected chi connectivity index (χ0v) is 17.1. The van der Waals surface area contributed by atoms with Crippen LogP contribution >= 0.6 is 11.8 Å². The molecular weight excluding hydrogens is 380 g/mol. The largest absolute Gasteiger partial charge is 0.303 e. The van der Waals surface area contributed by atoms with Crippen molar-refractivity contribution in [3.05, 3.63) is 99.6 Å². The average molecular weight is 401 g/mol. The molecule has 1 aromatic heterocycles. The zero-order chi connectivity index (χ0) is 20.4. The summed E-state index contributed by atoms with van der Waals surface area (Å²) in [6.07, 6.45) is 0. The molecule has 0 aliphatic rings. The van der Waals surface area contributed by atoms with Crippen LogP contribution in [-0.4, -0.2) is 9.91 Å². The van der Waals surface area contributed by atoms with E-state index in [0.717, 1.165) is 32.9 Å². The van der Waals surface area contributed by atoms with Gasteiger partial charge in [0.25, 0.3) is 0 Å².